The molecule has 18 heavy (non-hydrogen) atoms. The number of carbonyl (C=O) groups is 1. The standard InChI is InChI=1S/C12H21N3O2S/c1-8-5-12(6-8,9(13)15-17)10(16)14-7-11(18-2)3-4-11/h8,17H,3-7H2,1-2H3,(H2,13,15)(H,14,16). The molecular formula is C12H21N3O2S. The summed E-state index contributed by atoms with van der Waals surface area (Å²) in [5.41, 5.74) is 4.92. The summed E-state index contributed by atoms with van der Waals surface area (Å²) in [6.45, 7) is 2.75. The normalized spacial score (nSPS) is 33.7. The highest BCUT2D eigenvalue weighted by atomic mass is 32.2. The van der Waals surface area contributed by atoms with E-state index in [0.717, 1.165) is 12.8 Å². The summed E-state index contributed by atoms with van der Waals surface area (Å²) in [6.07, 6.45) is 5.72. The molecule has 0 radical (unpaired) electrons. The number of carbonyl (C=O) groups excluding carboxylic acids is 1. The van der Waals surface area contributed by atoms with Gasteiger partial charge in [0.05, 0.1) is 0 Å². The van der Waals surface area contributed by atoms with Crippen LogP contribution >= 0.6 is 11.8 Å². The third-order valence-corrected chi connectivity index (χ3v) is 5.66. The highest BCUT2D eigenvalue weighted by Crippen LogP contribution is 2.48. The molecule has 0 spiro atoms. The van der Waals surface area contributed by atoms with Crippen LogP contribution in [0.4, 0.5) is 0 Å². The van der Waals surface area contributed by atoms with Crippen molar-refractivity contribution in [2.45, 2.75) is 37.4 Å². The van der Waals surface area contributed by atoms with Gasteiger partial charge in [-0.15, -0.1) is 0 Å². The number of thioether (sulfide) groups is 1. The van der Waals surface area contributed by atoms with E-state index >= 15 is 0 Å². The van der Waals surface area contributed by atoms with E-state index < -0.39 is 5.41 Å². The van der Waals surface area contributed by atoms with Crippen LogP contribution in [0.15, 0.2) is 5.16 Å². The summed E-state index contributed by atoms with van der Waals surface area (Å²) >= 11 is 1.81. The minimum absolute atomic E-state index is 0.0482. The van der Waals surface area contributed by atoms with Crippen molar-refractivity contribution in [1.29, 1.82) is 0 Å². The maximum Gasteiger partial charge on any atom is 0.234 e. The first-order valence-electron chi connectivity index (χ1n) is 6.29. The lowest BCUT2D eigenvalue weighted by Crippen LogP contribution is -2.57. The lowest BCUT2D eigenvalue weighted by Gasteiger charge is -2.43. The van der Waals surface area contributed by atoms with Crippen LogP contribution in [0, 0.1) is 11.3 Å². The van der Waals surface area contributed by atoms with E-state index in [0.29, 0.717) is 25.3 Å². The van der Waals surface area contributed by atoms with Crippen LogP contribution in [0.3, 0.4) is 0 Å². The Morgan fingerprint density at radius 2 is 2.17 bits per heavy atom. The van der Waals surface area contributed by atoms with Gasteiger partial charge in [-0.2, -0.15) is 11.8 Å². The molecule has 0 atom stereocenters. The number of nitrogens with zero attached hydrogens (tertiary/aromatic N) is 1. The Morgan fingerprint density at radius 3 is 2.56 bits per heavy atom. The van der Waals surface area contributed by atoms with Gasteiger partial charge in [-0.3, -0.25) is 4.79 Å². The number of hydrogen-bond donors (Lipinski definition) is 3. The molecule has 4 N–H and O–H groups in total. The Hall–Kier alpha value is -0.910. The topological polar surface area (TPSA) is 87.7 Å². The average molecular weight is 271 g/mol. The predicted molar refractivity (Wildman–Crippen MR) is 72.7 cm³/mol. The van der Waals surface area contributed by atoms with Gasteiger partial charge in [0.25, 0.3) is 0 Å². The van der Waals surface area contributed by atoms with Gasteiger partial charge < -0.3 is 16.3 Å². The summed E-state index contributed by atoms with van der Waals surface area (Å²) in [5.74, 6) is 0.412. The molecule has 0 aliphatic heterocycles. The Morgan fingerprint density at radius 1 is 1.56 bits per heavy atom. The molecular weight excluding hydrogens is 250 g/mol. The molecule has 0 aromatic carbocycles. The SMILES string of the molecule is CSC1(CNC(=O)C2(C(N)=NO)CC(C)C2)CC1. The van der Waals surface area contributed by atoms with Crippen LogP contribution in [0.5, 0.6) is 0 Å². The molecule has 0 unspecified atom stereocenters. The maximum atomic E-state index is 12.3. The molecule has 2 aliphatic rings. The monoisotopic (exact) mass is 271 g/mol. The number of nitrogens with two attached hydrogens (primary N) is 1. The van der Waals surface area contributed by atoms with Gasteiger partial charge in [0.1, 0.15) is 5.41 Å². The first-order valence-corrected chi connectivity index (χ1v) is 7.52. The number of oxime groups is 1. The van der Waals surface area contributed by atoms with Crippen molar-refractivity contribution in [3.63, 3.8) is 0 Å². The molecule has 2 aliphatic carbocycles. The van der Waals surface area contributed by atoms with E-state index in [-0.39, 0.29) is 16.5 Å². The fourth-order valence-electron chi connectivity index (χ4n) is 2.74. The van der Waals surface area contributed by atoms with Gasteiger partial charge in [-0.25, -0.2) is 0 Å². The van der Waals surface area contributed by atoms with Gasteiger partial charge in [-0.1, -0.05) is 12.1 Å². The Balaban J connectivity index is 1.97. The zero-order valence-electron chi connectivity index (χ0n) is 10.9. The van der Waals surface area contributed by atoms with Crippen LogP contribution in [0.2, 0.25) is 0 Å². The van der Waals surface area contributed by atoms with Crippen molar-refractivity contribution in [2.24, 2.45) is 22.2 Å². The van der Waals surface area contributed by atoms with Crippen molar-refractivity contribution in [2.75, 3.05) is 12.8 Å². The van der Waals surface area contributed by atoms with E-state index in [1.54, 1.807) is 11.8 Å². The van der Waals surface area contributed by atoms with Crippen molar-refractivity contribution in [1.82, 2.24) is 5.32 Å². The van der Waals surface area contributed by atoms with Crippen molar-refractivity contribution in [3.05, 3.63) is 0 Å². The third kappa shape index (κ3) is 2.18. The van der Waals surface area contributed by atoms with Crippen molar-refractivity contribution >= 4 is 23.5 Å². The summed E-state index contributed by atoms with van der Waals surface area (Å²) in [4.78, 5) is 12.3. The second-order valence-corrected chi connectivity index (χ2v) is 6.92. The van der Waals surface area contributed by atoms with Crippen LogP contribution in [-0.4, -0.2) is 34.5 Å². The molecule has 6 heteroatoms. The van der Waals surface area contributed by atoms with E-state index in [9.17, 15) is 4.79 Å². The number of amidine groups is 1. The van der Waals surface area contributed by atoms with E-state index in [2.05, 4.69) is 23.7 Å². The van der Waals surface area contributed by atoms with Gasteiger partial charge in [0.15, 0.2) is 5.84 Å². The number of rotatable bonds is 5. The van der Waals surface area contributed by atoms with Crippen LogP contribution in [0.25, 0.3) is 0 Å². The van der Waals surface area contributed by atoms with E-state index in [1.807, 2.05) is 0 Å². The smallest absolute Gasteiger partial charge is 0.234 e. The third-order valence-electron chi connectivity index (χ3n) is 4.24. The second kappa shape index (κ2) is 4.64. The molecule has 0 aromatic heterocycles. The fraction of sp³-hybridized carbons (Fsp3) is 0.833. The van der Waals surface area contributed by atoms with Crippen LogP contribution < -0.4 is 11.1 Å². The Kier molecular flexibility index (Phi) is 3.49. The lowest BCUT2D eigenvalue weighted by molar-refractivity contribution is -0.133. The van der Waals surface area contributed by atoms with Crippen LogP contribution in [-0.2, 0) is 4.79 Å². The van der Waals surface area contributed by atoms with Crippen LogP contribution in [0.1, 0.15) is 32.6 Å². The first-order chi connectivity index (χ1) is 8.48. The van der Waals surface area contributed by atoms with E-state index in [1.165, 1.54) is 0 Å². The average Bonchev–Trinajstić information content (AvgIpc) is 3.11. The number of hydrogen-bond acceptors (Lipinski definition) is 4. The minimum Gasteiger partial charge on any atom is -0.409 e. The molecule has 0 heterocycles. The fourth-order valence-corrected chi connectivity index (χ4v) is 3.47. The summed E-state index contributed by atoms with van der Waals surface area (Å²) in [7, 11) is 0. The quantitative estimate of drug-likeness (QED) is 0.303. The molecule has 102 valence electrons. The van der Waals surface area contributed by atoms with Crippen molar-refractivity contribution in [3.8, 4) is 0 Å². The molecule has 0 aromatic rings. The zero-order valence-corrected chi connectivity index (χ0v) is 11.7. The predicted octanol–water partition coefficient (Wildman–Crippen LogP) is 1.16. The molecule has 2 saturated carbocycles. The highest BCUT2D eigenvalue weighted by Gasteiger charge is 2.53. The number of amides is 1. The molecule has 2 rings (SSSR count). The van der Waals surface area contributed by atoms with Gasteiger partial charge in [0, 0.05) is 11.3 Å². The van der Waals surface area contributed by atoms with E-state index in [4.69, 9.17) is 10.9 Å². The summed E-state index contributed by atoms with van der Waals surface area (Å²) in [5, 5.41) is 14.9. The molecule has 0 saturated heterocycles. The Labute approximate surface area is 112 Å². The van der Waals surface area contributed by atoms with Gasteiger partial charge in [-0.05, 0) is 37.9 Å². The Bertz CT molecular complexity index is 374. The summed E-state index contributed by atoms with van der Waals surface area (Å²) in [6, 6.07) is 0. The molecule has 0 bridgehead atoms. The molecule has 2 fully saturated rings. The molecule has 5 nitrogen and oxygen atoms in total. The number of nitrogens with one attached hydrogen (secondary N) is 1. The summed E-state index contributed by atoms with van der Waals surface area (Å²) < 4.78 is 0.233. The van der Waals surface area contributed by atoms with Gasteiger partial charge in [0.2, 0.25) is 5.91 Å². The largest absolute Gasteiger partial charge is 0.409 e. The van der Waals surface area contributed by atoms with Crippen molar-refractivity contribution < 1.29 is 10.0 Å². The molecule has 1 amide bonds. The zero-order chi connectivity index (χ0) is 13.4. The highest BCUT2D eigenvalue weighted by molar-refractivity contribution is 8.00. The second-order valence-electron chi connectivity index (χ2n) is 5.65. The first kappa shape index (κ1) is 13.5. The maximum absolute atomic E-state index is 12.3. The van der Waals surface area contributed by atoms with Gasteiger partial charge >= 0.3 is 0 Å². The minimum atomic E-state index is -0.775. The lowest BCUT2D eigenvalue weighted by atomic mass is 9.61.